The zero-order valence-electron chi connectivity index (χ0n) is 10.9. The molecule has 21 heavy (non-hydrogen) atoms. The lowest BCUT2D eigenvalue weighted by Gasteiger charge is -2.07. The number of hydrogen-bond donors (Lipinski definition) is 1. The first-order valence-electron chi connectivity index (χ1n) is 6.19. The Balaban J connectivity index is 1.95. The summed E-state index contributed by atoms with van der Waals surface area (Å²) in [4.78, 5) is 12.5. The Hall–Kier alpha value is -2.66. The molecule has 0 unspecified atom stereocenters. The molecule has 6 heteroatoms. The lowest BCUT2D eigenvalue weighted by atomic mass is 10.2. The van der Waals surface area contributed by atoms with E-state index >= 15 is 0 Å². The third kappa shape index (κ3) is 3.27. The van der Waals surface area contributed by atoms with Crippen LogP contribution in [0.3, 0.4) is 0 Å². The van der Waals surface area contributed by atoms with Gasteiger partial charge < -0.3 is 10.5 Å². The van der Waals surface area contributed by atoms with Crippen molar-refractivity contribution in [3.05, 3.63) is 59.9 Å². The molecule has 0 aliphatic carbocycles. The van der Waals surface area contributed by atoms with Crippen molar-refractivity contribution in [1.82, 2.24) is 15.0 Å². The van der Waals surface area contributed by atoms with Gasteiger partial charge in [-0.2, -0.15) is 4.98 Å². The van der Waals surface area contributed by atoms with Crippen molar-refractivity contribution >= 4 is 17.4 Å². The van der Waals surface area contributed by atoms with Crippen molar-refractivity contribution in [3.63, 3.8) is 0 Å². The van der Waals surface area contributed by atoms with E-state index in [4.69, 9.17) is 22.1 Å². The predicted molar refractivity (Wildman–Crippen MR) is 81.2 cm³/mol. The van der Waals surface area contributed by atoms with Gasteiger partial charge in [-0.05, 0) is 0 Å². The second-order valence-electron chi connectivity index (χ2n) is 4.26. The number of anilines is 1. The molecule has 2 aromatic heterocycles. The number of nitrogen functional groups attached to an aromatic ring is 1. The average molecular weight is 299 g/mol. The monoisotopic (exact) mass is 298 g/mol. The zero-order chi connectivity index (χ0) is 14.7. The van der Waals surface area contributed by atoms with Crippen LogP contribution in [-0.4, -0.2) is 15.0 Å². The molecule has 0 radical (unpaired) electrons. The van der Waals surface area contributed by atoms with Crippen molar-refractivity contribution in [1.29, 1.82) is 0 Å². The standard InChI is InChI=1S/C15H11ClN4O/c16-11-6-12(9-18-8-11)21-14-7-13(17)19-15(20-14)10-4-2-1-3-5-10/h1-9H,(H2,17,19,20). The molecule has 0 spiro atoms. The van der Waals surface area contributed by atoms with Crippen LogP contribution in [0, 0.1) is 0 Å². The van der Waals surface area contributed by atoms with Crippen molar-refractivity contribution < 1.29 is 4.74 Å². The van der Waals surface area contributed by atoms with Gasteiger partial charge in [-0.15, -0.1) is 0 Å². The van der Waals surface area contributed by atoms with E-state index < -0.39 is 0 Å². The summed E-state index contributed by atoms with van der Waals surface area (Å²) in [5.41, 5.74) is 6.67. The quantitative estimate of drug-likeness (QED) is 0.800. The van der Waals surface area contributed by atoms with Gasteiger partial charge in [-0.25, -0.2) is 4.98 Å². The van der Waals surface area contributed by atoms with E-state index in [1.807, 2.05) is 30.3 Å². The normalized spacial score (nSPS) is 10.3. The van der Waals surface area contributed by atoms with Crippen molar-refractivity contribution in [2.24, 2.45) is 0 Å². The number of hydrogen-bond acceptors (Lipinski definition) is 5. The fraction of sp³-hybridized carbons (Fsp3) is 0. The zero-order valence-corrected chi connectivity index (χ0v) is 11.7. The summed E-state index contributed by atoms with van der Waals surface area (Å²) in [6, 6.07) is 12.7. The molecule has 0 saturated heterocycles. The molecule has 0 fully saturated rings. The molecule has 0 saturated carbocycles. The number of aromatic nitrogens is 3. The SMILES string of the molecule is Nc1cc(Oc2cncc(Cl)c2)nc(-c2ccccc2)n1. The Bertz CT molecular complexity index is 765. The molecular weight excluding hydrogens is 288 g/mol. The highest BCUT2D eigenvalue weighted by Crippen LogP contribution is 2.25. The van der Waals surface area contributed by atoms with E-state index in [2.05, 4.69) is 15.0 Å². The van der Waals surface area contributed by atoms with E-state index in [1.165, 1.54) is 6.20 Å². The van der Waals surface area contributed by atoms with Gasteiger partial charge >= 0.3 is 0 Å². The molecule has 3 rings (SSSR count). The first-order valence-corrected chi connectivity index (χ1v) is 6.57. The maximum atomic E-state index is 5.87. The number of ether oxygens (including phenoxy) is 1. The molecule has 0 atom stereocenters. The van der Waals surface area contributed by atoms with Gasteiger partial charge in [-0.3, -0.25) is 4.98 Å². The van der Waals surface area contributed by atoms with Crippen LogP contribution >= 0.6 is 11.6 Å². The number of nitrogens with zero attached hydrogens (tertiary/aromatic N) is 3. The van der Waals surface area contributed by atoms with Crippen LogP contribution in [-0.2, 0) is 0 Å². The number of rotatable bonds is 3. The fourth-order valence-corrected chi connectivity index (χ4v) is 1.94. The lowest BCUT2D eigenvalue weighted by Crippen LogP contribution is -1.98. The van der Waals surface area contributed by atoms with Gasteiger partial charge in [-0.1, -0.05) is 41.9 Å². The molecule has 5 nitrogen and oxygen atoms in total. The Labute approximate surface area is 126 Å². The summed E-state index contributed by atoms with van der Waals surface area (Å²) < 4.78 is 5.62. The van der Waals surface area contributed by atoms with E-state index in [0.717, 1.165) is 5.56 Å². The Morgan fingerprint density at radius 1 is 1.00 bits per heavy atom. The molecule has 1 aromatic carbocycles. The van der Waals surface area contributed by atoms with Crippen LogP contribution in [0.2, 0.25) is 5.02 Å². The largest absolute Gasteiger partial charge is 0.437 e. The molecule has 0 aliphatic heterocycles. The summed E-state index contributed by atoms with van der Waals surface area (Å²) in [7, 11) is 0. The summed E-state index contributed by atoms with van der Waals surface area (Å²) in [5, 5.41) is 0.484. The molecule has 2 N–H and O–H groups in total. The second kappa shape index (κ2) is 5.76. The lowest BCUT2D eigenvalue weighted by molar-refractivity contribution is 0.460. The Kier molecular flexibility index (Phi) is 3.66. The molecule has 0 bridgehead atoms. The summed E-state index contributed by atoms with van der Waals surface area (Å²) in [6.45, 7) is 0. The molecule has 0 amide bonds. The summed E-state index contributed by atoms with van der Waals surface area (Å²) >= 11 is 5.87. The minimum absolute atomic E-state index is 0.328. The number of nitrogens with two attached hydrogens (primary N) is 1. The predicted octanol–water partition coefficient (Wildman–Crippen LogP) is 3.57. The van der Waals surface area contributed by atoms with Gasteiger partial charge in [0.2, 0.25) is 5.88 Å². The highest BCUT2D eigenvalue weighted by molar-refractivity contribution is 6.30. The third-order valence-electron chi connectivity index (χ3n) is 2.66. The summed E-state index contributed by atoms with van der Waals surface area (Å²) in [5.74, 6) is 1.65. The molecule has 0 aliphatic rings. The van der Waals surface area contributed by atoms with E-state index in [1.54, 1.807) is 18.3 Å². The van der Waals surface area contributed by atoms with Gasteiger partial charge in [0.15, 0.2) is 5.82 Å². The molecule has 2 heterocycles. The number of pyridine rings is 1. The topological polar surface area (TPSA) is 73.9 Å². The second-order valence-corrected chi connectivity index (χ2v) is 4.70. The number of benzene rings is 1. The van der Waals surface area contributed by atoms with Crippen molar-refractivity contribution in [2.75, 3.05) is 5.73 Å². The van der Waals surface area contributed by atoms with Gasteiger partial charge in [0.1, 0.15) is 11.6 Å². The van der Waals surface area contributed by atoms with E-state index in [-0.39, 0.29) is 0 Å². The minimum atomic E-state index is 0.328. The highest BCUT2D eigenvalue weighted by Gasteiger charge is 2.07. The van der Waals surface area contributed by atoms with Crippen LogP contribution in [0.5, 0.6) is 11.6 Å². The van der Waals surface area contributed by atoms with Crippen molar-refractivity contribution in [2.45, 2.75) is 0 Å². The van der Waals surface area contributed by atoms with E-state index in [9.17, 15) is 0 Å². The van der Waals surface area contributed by atoms with E-state index in [0.29, 0.717) is 28.3 Å². The van der Waals surface area contributed by atoms with Gasteiger partial charge in [0.25, 0.3) is 0 Å². The minimum Gasteiger partial charge on any atom is -0.437 e. The van der Waals surface area contributed by atoms with Crippen LogP contribution in [0.15, 0.2) is 54.9 Å². The average Bonchev–Trinajstić information content (AvgIpc) is 2.47. The molecule has 104 valence electrons. The molecular formula is C15H11ClN4O. The van der Waals surface area contributed by atoms with Crippen LogP contribution < -0.4 is 10.5 Å². The summed E-state index contributed by atoms with van der Waals surface area (Å²) in [6.07, 6.45) is 3.07. The Morgan fingerprint density at radius 2 is 1.81 bits per heavy atom. The maximum absolute atomic E-state index is 5.87. The smallest absolute Gasteiger partial charge is 0.225 e. The van der Waals surface area contributed by atoms with Gasteiger partial charge in [0, 0.05) is 23.9 Å². The van der Waals surface area contributed by atoms with Gasteiger partial charge in [0.05, 0.1) is 11.2 Å². The Morgan fingerprint density at radius 3 is 2.57 bits per heavy atom. The van der Waals surface area contributed by atoms with Crippen molar-refractivity contribution in [3.8, 4) is 23.0 Å². The van der Waals surface area contributed by atoms with Crippen LogP contribution in [0.1, 0.15) is 0 Å². The van der Waals surface area contributed by atoms with Crippen LogP contribution in [0.4, 0.5) is 5.82 Å². The first-order chi connectivity index (χ1) is 10.2. The fourth-order valence-electron chi connectivity index (χ4n) is 1.78. The van der Waals surface area contributed by atoms with Crippen LogP contribution in [0.25, 0.3) is 11.4 Å². The number of halogens is 1. The first kappa shape index (κ1) is 13.3. The molecule has 3 aromatic rings. The maximum Gasteiger partial charge on any atom is 0.225 e. The third-order valence-corrected chi connectivity index (χ3v) is 2.86. The highest BCUT2D eigenvalue weighted by atomic mass is 35.5.